The molecule has 0 aliphatic carbocycles. The van der Waals surface area contributed by atoms with Crippen LogP contribution in [0.3, 0.4) is 0 Å². The fraction of sp³-hybridized carbons (Fsp3) is 0.500. The van der Waals surface area contributed by atoms with E-state index in [2.05, 4.69) is 10.1 Å². The summed E-state index contributed by atoms with van der Waals surface area (Å²) in [4.78, 5) is 12.1. The number of carbonyl (C=O) groups excluding carboxylic acids is 1. The van der Waals surface area contributed by atoms with E-state index in [1.165, 1.54) is 12.1 Å². The number of ether oxygens (including phenoxy) is 2. The lowest BCUT2D eigenvalue weighted by Crippen LogP contribution is -2.47. The first-order valence-electron chi connectivity index (χ1n) is 6.51. The number of rotatable bonds is 6. The van der Waals surface area contributed by atoms with Crippen molar-refractivity contribution in [3.63, 3.8) is 0 Å². The second-order valence-electron chi connectivity index (χ2n) is 4.45. The Hall–Kier alpha value is -1.76. The molecule has 0 bridgehead atoms. The summed E-state index contributed by atoms with van der Waals surface area (Å²) in [5, 5.41) is 2.99. The average Bonchev–Trinajstić information content (AvgIpc) is 2.38. The van der Waals surface area contributed by atoms with Gasteiger partial charge in [-0.25, -0.2) is 4.79 Å². The summed E-state index contributed by atoms with van der Waals surface area (Å²) in [7, 11) is 0. The zero-order chi connectivity index (χ0) is 16.1. The minimum Gasteiger partial charge on any atom is -0.464 e. The molecule has 1 atom stereocenters. The molecule has 0 saturated heterocycles. The van der Waals surface area contributed by atoms with Crippen molar-refractivity contribution in [2.45, 2.75) is 32.7 Å². The predicted molar refractivity (Wildman–Crippen MR) is 70.8 cm³/mol. The van der Waals surface area contributed by atoms with Gasteiger partial charge in [0.1, 0.15) is 11.3 Å². The highest BCUT2D eigenvalue weighted by atomic mass is 19.4. The Balaban J connectivity index is 3.02. The molecule has 1 aromatic carbocycles. The molecule has 0 saturated carbocycles. The van der Waals surface area contributed by atoms with Crippen LogP contribution in [-0.2, 0) is 15.1 Å². The first-order chi connectivity index (χ1) is 9.73. The van der Waals surface area contributed by atoms with E-state index in [9.17, 15) is 18.0 Å². The maximum Gasteiger partial charge on any atom is 0.573 e. The molecule has 0 radical (unpaired) electrons. The number of halogens is 3. The molecule has 0 aromatic heterocycles. The summed E-state index contributed by atoms with van der Waals surface area (Å²) in [6.07, 6.45) is -4.74. The normalized spacial score (nSPS) is 14.4. The Morgan fingerprint density at radius 3 is 2.19 bits per heavy atom. The van der Waals surface area contributed by atoms with Crippen LogP contribution in [0, 0.1) is 0 Å². The predicted octanol–water partition coefficient (Wildman–Crippen LogP) is 2.97. The third-order valence-electron chi connectivity index (χ3n) is 2.88. The molecule has 0 heterocycles. The average molecular weight is 305 g/mol. The summed E-state index contributed by atoms with van der Waals surface area (Å²) in [6.45, 7) is 5.84. The van der Waals surface area contributed by atoms with Crippen LogP contribution in [0.4, 0.5) is 13.2 Å². The van der Waals surface area contributed by atoms with Crippen LogP contribution < -0.4 is 10.1 Å². The van der Waals surface area contributed by atoms with Crippen molar-refractivity contribution in [2.75, 3.05) is 13.2 Å². The Morgan fingerprint density at radius 1 is 1.19 bits per heavy atom. The molecule has 0 aliphatic heterocycles. The van der Waals surface area contributed by atoms with Crippen LogP contribution in [0.25, 0.3) is 0 Å². The van der Waals surface area contributed by atoms with Crippen molar-refractivity contribution < 1.29 is 27.4 Å². The summed E-state index contributed by atoms with van der Waals surface area (Å²) in [6, 6.07) is 5.14. The fourth-order valence-corrected chi connectivity index (χ4v) is 1.91. The topological polar surface area (TPSA) is 47.6 Å². The van der Waals surface area contributed by atoms with E-state index in [-0.39, 0.29) is 12.4 Å². The largest absolute Gasteiger partial charge is 0.573 e. The molecule has 7 heteroatoms. The van der Waals surface area contributed by atoms with Gasteiger partial charge in [-0.05, 0) is 38.1 Å². The third-order valence-corrected chi connectivity index (χ3v) is 2.88. The van der Waals surface area contributed by atoms with Gasteiger partial charge in [-0.15, -0.1) is 13.2 Å². The van der Waals surface area contributed by atoms with Crippen LogP contribution in [0.1, 0.15) is 26.3 Å². The van der Waals surface area contributed by atoms with Gasteiger partial charge in [-0.3, -0.25) is 5.32 Å². The summed E-state index contributed by atoms with van der Waals surface area (Å²) in [5.74, 6) is -0.828. The Labute approximate surface area is 121 Å². The molecular formula is C14H18F3NO3. The standard InChI is InChI=1S/C14H18F3NO3/c1-4-18-13(3,12(19)20-5-2)10-6-8-11(9-7-10)21-14(15,16)17/h6-9,18H,4-5H2,1-3H3. The first kappa shape index (κ1) is 17.3. The van der Waals surface area contributed by atoms with Crippen LogP contribution >= 0.6 is 0 Å². The van der Waals surface area contributed by atoms with E-state index in [1.54, 1.807) is 13.8 Å². The van der Waals surface area contributed by atoms with E-state index in [0.29, 0.717) is 12.1 Å². The van der Waals surface area contributed by atoms with Crippen molar-refractivity contribution in [3.8, 4) is 5.75 Å². The fourth-order valence-electron chi connectivity index (χ4n) is 1.91. The second kappa shape index (κ2) is 6.80. The molecule has 0 amide bonds. The van der Waals surface area contributed by atoms with Crippen LogP contribution in [-0.4, -0.2) is 25.5 Å². The number of likely N-dealkylation sites (N-methyl/N-ethyl adjacent to an activating group) is 1. The Morgan fingerprint density at radius 2 is 1.76 bits per heavy atom. The van der Waals surface area contributed by atoms with Gasteiger partial charge in [0, 0.05) is 0 Å². The van der Waals surface area contributed by atoms with Crippen molar-refractivity contribution in [1.29, 1.82) is 0 Å². The summed E-state index contributed by atoms with van der Waals surface area (Å²) >= 11 is 0. The minimum absolute atomic E-state index is 0.217. The van der Waals surface area contributed by atoms with Gasteiger partial charge in [0.25, 0.3) is 0 Å². The maximum absolute atomic E-state index is 12.1. The van der Waals surface area contributed by atoms with E-state index >= 15 is 0 Å². The molecule has 1 rings (SSSR count). The molecule has 4 nitrogen and oxygen atoms in total. The number of hydrogen-bond acceptors (Lipinski definition) is 4. The first-order valence-corrected chi connectivity index (χ1v) is 6.51. The zero-order valence-corrected chi connectivity index (χ0v) is 12.1. The lowest BCUT2D eigenvalue weighted by atomic mass is 9.92. The van der Waals surface area contributed by atoms with E-state index < -0.39 is 17.9 Å². The molecule has 1 aromatic rings. The van der Waals surface area contributed by atoms with Crippen LogP contribution in [0.5, 0.6) is 5.75 Å². The molecule has 1 N–H and O–H groups in total. The van der Waals surface area contributed by atoms with E-state index in [4.69, 9.17) is 4.74 Å². The van der Waals surface area contributed by atoms with Crippen LogP contribution in [0.15, 0.2) is 24.3 Å². The second-order valence-corrected chi connectivity index (χ2v) is 4.45. The number of carbonyl (C=O) groups is 1. The van der Waals surface area contributed by atoms with Gasteiger partial charge in [-0.2, -0.15) is 0 Å². The lowest BCUT2D eigenvalue weighted by Gasteiger charge is -2.28. The smallest absolute Gasteiger partial charge is 0.464 e. The number of benzene rings is 1. The highest BCUT2D eigenvalue weighted by Gasteiger charge is 2.36. The van der Waals surface area contributed by atoms with Crippen molar-refractivity contribution in [2.24, 2.45) is 0 Å². The van der Waals surface area contributed by atoms with Gasteiger partial charge >= 0.3 is 12.3 Å². The highest BCUT2D eigenvalue weighted by molar-refractivity contribution is 5.82. The number of esters is 1. The Kier molecular flexibility index (Phi) is 5.60. The summed E-state index contributed by atoms with van der Waals surface area (Å²) < 4.78 is 45.2. The van der Waals surface area contributed by atoms with Crippen molar-refractivity contribution in [1.82, 2.24) is 5.32 Å². The molecule has 21 heavy (non-hydrogen) atoms. The molecule has 1 unspecified atom stereocenters. The zero-order valence-electron chi connectivity index (χ0n) is 12.1. The number of alkyl halides is 3. The van der Waals surface area contributed by atoms with E-state index in [1.807, 2.05) is 6.92 Å². The Bertz CT molecular complexity index is 473. The van der Waals surface area contributed by atoms with Gasteiger partial charge < -0.3 is 9.47 Å². The van der Waals surface area contributed by atoms with Gasteiger partial charge in [0.15, 0.2) is 0 Å². The van der Waals surface area contributed by atoms with Crippen LogP contribution in [0.2, 0.25) is 0 Å². The van der Waals surface area contributed by atoms with Gasteiger partial charge in [0.05, 0.1) is 6.61 Å². The van der Waals surface area contributed by atoms with Crippen molar-refractivity contribution >= 4 is 5.97 Å². The highest BCUT2D eigenvalue weighted by Crippen LogP contribution is 2.27. The maximum atomic E-state index is 12.1. The molecule has 0 fully saturated rings. The molecule has 0 aliphatic rings. The molecular weight excluding hydrogens is 287 g/mol. The van der Waals surface area contributed by atoms with E-state index in [0.717, 1.165) is 12.1 Å². The van der Waals surface area contributed by atoms with Crippen molar-refractivity contribution in [3.05, 3.63) is 29.8 Å². The van der Waals surface area contributed by atoms with Gasteiger partial charge in [-0.1, -0.05) is 19.1 Å². The number of hydrogen-bond donors (Lipinski definition) is 1. The lowest BCUT2D eigenvalue weighted by molar-refractivity contribution is -0.274. The third kappa shape index (κ3) is 4.63. The minimum atomic E-state index is -4.74. The molecule has 0 spiro atoms. The monoisotopic (exact) mass is 305 g/mol. The number of nitrogens with one attached hydrogen (secondary N) is 1. The SMILES string of the molecule is CCNC(C)(C(=O)OCC)c1ccc(OC(F)(F)F)cc1. The van der Waals surface area contributed by atoms with Gasteiger partial charge in [0.2, 0.25) is 0 Å². The quantitative estimate of drug-likeness (QED) is 0.821. The summed E-state index contributed by atoms with van der Waals surface area (Å²) in [5.41, 5.74) is -0.626. The molecule has 118 valence electrons.